The normalized spacial score (nSPS) is 14.0. The first-order valence-corrected chi connectivity index (χ1v) is 11.1. The highest BCUT2D eigenvalue weighted by atomic mass is 32.2. The topological polar surface area (TPSA) is 4.93 Å². The van der Waals surface area contributed by atoms with Crippen LogP contribution in [-0.4, -0.2) is 4.57 Å². The second-order valence-corrected chi connectivity index (χ2v) is 9.50. The molecule has 0 N–H and O–H groups in total. The maximum absolute atomic E-state index is 2.49. The van der Waals surface area contributed by atoms with Crippen LogP contribution in [0, 0.1) is 6.92 Å². The van der Waals surface area contributed by atoms with Gasteiger partial charge >= 0.3 is 0 Å². The molecule has 3 heteroatoms. The molecule has 27 heavy (non-hydrogen) atoms. The maximum atomic E-state index is 2.49. The molecule has 0 aliphatic carbocycles. The summed E-state index contributed by atoms with van der Waals surface area (Å²) >= 11 is 3.98. The van der Waals surface area contributed by atoms with Gasteiger partial charge in [0.05, 0.1) is 10.3 Å². The number of hydrogen-bond acceptors (Lipinski definition) is 2. The second-order valence-electron chi connectivity index (χ2n) is 6.90. The second kappa shape index (κ2) is 6.81. The first kappa shape index (κ1) is 17.0. The van der Waals surface area contributed by atoms with Crippen molar-refractivity contribution >= 4 is 34.4 Å². The monoisotopic (exact) mass is 387 g/mol. The van der Waals surface area contributed by atoms with Gasteiger partial charge in [-0.3, -0.25) is 0 Å². The molecule has 0 fully saturated rings. The number of para-hydroxylation sites is 1. The summed E-state index contributed by atoms with van der Waals surface area (Å²) in [5, 5.41) is 1.38. The van der Waals surface area contributed by atoms with E-state index >= 15 is 0 Å². The van der Waals surface area contributed by atoms with E-state index < -0.39 is 0 Å². The predicted molar refractivity (Wildman–Crippen MR) is 119 cm³/mol. The quantitative estimate of drug-likeness (QED) is 0.358. The van der Waals surface area contributed by atoms with Gasteiger partial charge < -0.3 is 4.57 Å². The molecule has 1 aliphatic heterocycles. The summed E-state index contributed by atoms with van der Waals surface area (Å²) in [6.07, 6.45) is 0. The fourth-order valence-corrected chi connectivity index (χ4v) is 6.90. The van der Waals surface area contributed by atoms with E-state index in [1.54, 1.807) is 0 Å². The van der Waals surface area contributed by atoms with Gasteiger partial charge in [-0.05, 0) is 37.6 Å². The smallest absolute Gasteiger partial charge is 0.0873 e. The van der Waals surface area contributed by atoms with Crippen molar-refractivity contribution in [2.45, 2.75) is 34.8 Å². The van der Waals surface area contributed by atoms with E-state index in [9.17, 15) is 0 Å². The first-order chi connectivity index (χ1) is 13.3. The molecular formula is C24H21NS2. The molecule has 1 aromatic heterocycles. The van der Waals surface area contributed by atoms with Crippen LogP contribution in [0.25, 0.3) is 22.2 Å². The molecule has 0 spiro atoms. The average molecular weight is 388 g/mol. The van der Waals surface area contributed by atoms with Crippen LogP contribution in [0.4, 0.5) is 0 Å². The van der Waals surface area contributed by atoms with Crippen molar-refractivity contribution in [1.29, 1.82) is 0 Å². The van der Waals surface area contributed by atoms with E-state index in [4.69, 9.17) is 0 Å². The first-order valence-electron chi connectivity index (χ1n) is 9.36. The third kappa shape index (κ3) is 2.81. The van der Waals surface area contributed by atoms with E-state index in [0.717, 1.165) is 6.54 Å². The zero-order valence-electron chi connectivity index (χ0n) is 15.5. The molecular weight excluding hydrogens is 366 g/mol. The number of hydrogen-bond donors (Lipinski definition) is 0. The predicted octanol–water partition coefficient (Wildman–Crippen LogP) is 7.53. The van der Waals surface area contributed by atoms with E-state index in [1.165, 1.54) is 43.1 Å². The zero-order chi connectivity index (χ0) is 18.4. The van der Waals surface area contributed by atoms with Crippen molar-refractivity contribution in [3.63, 3.8) is 0 Å². The summed E-state index contributed by atoms with van der Waals surface area (Å²) < 4.78 is 2.87. The third-order valence-electron chi connectivity index (χ3n) is 5.20. The van der Waals surface area contributed by atoms with E-state index in [-0.39, 0.29) is 0 Å². The molecule has 134 valence electrons. The fourth-order valence-electron chi connectivity index (χ4n) is 3.94. The maximum Gasteiger partial charge on any atom is 0.0873 e. The molecule has 1 nitrogen and oxygen atoms in total. The van der Waals surface area contributed by atoms with Crippen molar-refractivity contribution in [2.24, 2.45) is 0 Å². The van der Waals surface area contributed by atoms with E-state index in [0.29, 0.717) is 4.58 Å². The Hall–Kier alpha value is -2.10. The average Bonchev–Trinajstić information content (AvgIpc) is 3.27. The van der Waals surface area contributed by atoms with Crippen molar-refractivity contribution in [3.05, 3.63) is 83.9 Å². The van der Waals surface area contributed by atoms with Gasteiger partial charge in [-0.15, -0.1) is 23.5 Å². The molecule has 3 aromatic carbocycles. The highest BCUT2D eigenvalue weighted by Gasteiger charge is 2.30. The number of aromatic nitrogens is 1. The summed E-state index contributed by atoms with van der Waals surface area (Å²) in [4.78, 5) is 2.80. The van der Waals surface area contributed by atoms with Crippen LogP contribution in [0.5, 0.6) is 0 Å². The number of thioether (sulfide) groups is 2. The lowest BCUT2D eigenvalue weighted by Gasteiger charge is -2.14. The Labute approximate surface area is 168 Å². The van der Waals surface area contributed by atoms with Gasteiger partial charge in [0.15, 0.2) is 0 Å². The lowest BCUT2D eigenvalue weighted by molar-refractivity contribution is 0.803. The summed E-state index contributed by atoms with van der Waals surface area (Å²) in [5.74, 6) is 0. The molecule has 0 amide bonds. The van der Waals surface area contributed by atoms with Crippen LogP contribution in [-0.2, 0) is 6.54 Å². The standard InChI is InChI=1S/C24H21NS2/c1-3-25-19-9-5-4-8-18(19)22(23(25)17-14-12-16(2)13-15-17)24-26-20-10-6-7-11-21(20)27-24/h4-15,24H,3H2,1-2H3. The van der Waals surface area contributed by atoms with Crippen molar-refractivity contribution in [2.75, 3.05) is 0 Å². The minimum atomic E-state index is 0.386. The Balaban J connectivity index is 1.76. The van der Waals surface area contributed by atoms with Gasteiger partial charge in [-0.25, -0.2) is 0 Å². The van der Waals surface area contributed by atoms with Gasteiger partial charge in [0.2, 0.25) is 0 Å². The number of aryl methyl sites for hydroxylation is 2. The van der Waals surface area contributed by atoms with Crippen LogP contribution in [0.3, 0.4) is 0 Å². The highest BCUT2D eigenvalue weighted by Crippen LogP contribution is 2.59. The number of rotatable bonds is 3. The highest BCUT2D eigenvalue weighted by molar-refractivity contribution is 8.19. The van der Waals surface area contributed by atoms with Gasteiger partial charge in [0.25, 0.3) is 0 Å². The van der Waals surface area contributed by atoms with Crippen LogP contribution < -0.4 is 0 Å². The van der Waals surface area contributed by atoms with Crippen molar-refractivity contribution in [1.82, 2.24) is 4.57 Å². The summed E-state index contributed by atoms with van der Waals surface area (Å²) in [6.45, 7) is 5.37. The lowest BCUT2D eigenvalue weighted by Crippen LogP contribution is -1.99. The molecule has 1 aliphatic rings. The Kier molecular flexibility index (Phi) is 4.30. The van der Waals surface area contributed by atoms with Crippen LogP contribution in [0.2, 0.25) is 0 Å². The van der Waals surface area contributed by atoms with Crippen LogP contribution in [0.15, 0.2) is 82.6 Å². The Morgan fingerprint density at radius 2 is 1.44 bits per heavy atom. The van der Waals surface area contributed by atoms with Gasteiger partial charge in [-0.1, -0.05) is 60.2 Å². The lowest BCUT2D eigenvalue weighted by atomic mass is 10.0. The summed E-state index contributed by atoms with van der Waals surface area (Å²) in [5.41, 5.74) is 6.78. The molecule has 0 radical (unpaired) electrons. The molecule has 2 heterocycles. The minimum Gasteiger partial charge on any atom is -0.340 e. The molecule has 0 atom stereocenters. The Morgan fingerprint density at radius 3 is 2.11 bits per heavy atom. The third-order valence-corrected chi connectivity index (χ3v) is 8.03. The largest absolute Gasteiger partial charge is 0.340 e. The van der Waals surface area contributed by atoms with E-state index in [2.05, 4.69) is 91.2 Å². The molecule has 4 aromatic rings. The number of benzene rings is 3. The summed E-state index contributed by atoms with van der Waals surface area (Å²) in [7, 11) is 0. The molecule has 0 saturated heterocycles. The van der Waals surface area contributed by atoms with Gasteiger partial charge in [-0.2, -0.15) is 0 Å². The number of fused-ring (bicyclic) bond motifs is 2. The van der Waals surface area contributed by atoms with Crippen LogP contribution in [0.1, 0.15) is 22.6 Å². The molecule has 5 rings (SSSR count). The van der Waals surface area contributed by atoms with E-state index in [1.807, 2.05) is 23.5 Å². The zero-order valence-corrected chi connectivity index (χ0v) is 17.1. The molecule has 0 saturated carbocycles. The number of nitrogens with zero attached hydrogens (tertiary/aromatic N) is 1. The summed E-state index contributed by atoms with van der Waals surface area (Å²) in [6, 6.07) is 26.7. The van der Waals surface area contributed by atoms with Gasteiger partial charge in [0.1, 0.15) is 0 Å². The Morgan fingerprint density at radius 1 is 0.815 bits per heavy atom. The van der Waals surface area contributed by atoms with Gasteiger partial charge in [0, 0.05) is 32.8 Å². The Bertz CT molecular complexity index is 1100. The SMILES string of the molecule is CCn1c(-c2ccc(C)cc2)c(C2Sc3ccccc3S2)c2ccccc21. The van der Waals surface area contributed by atoms with Crippen molar-refractivity contribution < 1.29 is 0 Å². The minimum absolute atomic E-state index is 0.386. The molecule has 0 bridgehead atoms. The molecule has 0 unspecified atom stereocenters. The van der Waals surface area contributed by atoms with Crippen LogP contribution >= 0.6 is 23.5 Å². The van der Waals surface area contributed by atoms with Crippen molar-refractivity contribution in [3.8, 4) is 11.3 Å². The fraction of sp³-hybridized carbons (Fsp3) is 0.167.